The third-order valence-electron chi connectivity index (χ3n) is 3.04. The number of rotatable bonds is 2. The predicted molar refractivity (Wildman–Crippen MR) is 70.8 cm³/mol. The zero-order chi connectivity index (χ0) is 11.8. The van der Waals surface area contributed by atoms with Crippen LogP contribution in [0.1, 0.15) is 31.4 Å². The van der Waals surface area contributed by atoms with Crippen molar-refractivity contribution in [1.29, 1.82) is 0 Å². The summed E-state index contributed by atoms with van der Waals surface area (Å²) in [6.07, 6.45) is 0. The topological polar surface area (TPSA) is 55.9 Å². The number of halogens is 1. The average molecular weight is 269 g/mol. The first kappa shape index (κ1) is 13.1. The number of hydrogen-bond donors (Lipinski definition) is 1. The molecule has 0 amide bonds. The van der Waals surface area contributed by atoms with E-state index in [1.807, 2.05) is 12.1 Å². The number of nitrogens with one attached hydrogen (secondary N) is 1. The molecule has 3 rings (SSSR count). The quantitative estimate of drug-likeness (QED) is 0.907. The number of aromatic nitrogens is 3. The largest absolute Gasteiger partial charge is 0.457 e. The lowest BCUT2D eigenvalue weighted by molar-refractivity contribution is 0.479. The van der Waals surface area contributed by atoms with Gasteiger partial charge in [-0.05, 0) is 12.1 Å². The lowest BCUT2D eigenvalue weighted by Crippen LogP contribution is -2.28. The van der Waals surface area contributed by atoms with Crippen molar-refractivity contribution < 1.29 is 4.42 Å². The highest BCUT2D eigenvalue weighted by Crippen LogP contribution is 2.25. The Hall–Kier alpha value is -1.33. The van der Waals surface area contributed by atoms with Crippen LogP contribution >= 0.6 is 12.4 Å². The molecule has 0 saturated carbocycles. The Balaban J connectivity index is 0.00000120. The van der Waals surface area contributed by atoms with Crippen molar-refractivity contribution >= 4 is 12.4 Å². The lowest BCUT2D eigenvalue weighted by Gasteiger charge is -2.15. The molecule has 0 radical (unpaired) electrons. The van der Waals surface area contributed by atoms with E-state index in [2.05, 4.69) is 33.9 Å². The molecule has 3 heterocycles. The van der Waals surface area contributed by atoms with Crippen LogP contribution < -0.4 is 5.32 Å². The first-order chi connectivity index (χ1) is 8.25. The van der Waals surface area contributed by atoms with E-state index in [4.69, 9.17) is 4.42 Å². The standard InChI is InChI=1S/C12H16N4O.ClH/c1-8(2)9-3-4-10(17-9)12-15-14-11-7-13-5-6-16(11)12;/h3-4,8,13H,5-7H2,1-2H3;1H. The first-order valence-electron chi connectivity index (χ1n) is 5.98. The van der Waals surface area contributed by atoms with E-state index in [0.717, 1.165) is 42.8 Å². The predicted octanol–water partition coefficient (Wildman–Crippen LogP) is 2.19. The summed E-state index contributed by atoms with van der Waals surface area (Å²) in [5.41, 5.74) is 0. The zero-order valence-electron chi connectivity index (χ0n) is 10.5. The second-order valence-electron chi connectivity index (χ2n) is 4.62. The summed E-state index contributed by atoms with van der Waals surface area (Å²) in [7, 11) is 0. The molecule has 0 fully saturated rings. The summed E-state index contributed by atoms with van der Waals surface area (Å²) >= 11 is 0. The number of fused-ring (bicyclic) bond motifs is 1. The van der Waals surface area contributed by atoms with E-state index in [-0.39, 0.29) is 12.4 Å². The fourth-order valence-electron chi connectivity index (χ4n) is 2.06. The summed E-state index contributed by atoms with van der Waals surface area (Å²) < 4.78 is 7.94. The van der Waals surface area contributed by atoms with Crippen molar-refractivity contribution in [2.45, 2.75) is 32.9 Å². The fourth-order valence-corrected chi connectivity index (χ4v) is 2.06. The van der Waals surface area contributed by atoms with Gasteiger partial charge in [0.2, 0.25) is 0 Å². The van der Waals surface area contributed by atoms with Crippen LogP contribution in [-0.2, 0) is 13.1 Å². The van der Waals surface area contributed by atoms with E-state index in [9.17, 15) is 0 Å². The van der Waals surface area contributed by atoms with Crippen molar-refractivity contribution in [2.75, 3.05) is 6.54 Å². The fraction of sp³-hybridized carbons (Fsp3) is 0.500. The minimum Gasteiger partial charge on any atom is -0.457 e. The molecule has 0 bridgehead atoms. The number of hydrogen-bond acceptors (Lipinski definition) is 4. The monoisotopic (exact) mass is 268 g/mol. The minimum absolute atomic E-state index is 0. The van der Waals surface area contributed by atoms with E-state index >= 15 is 0 Å². The van der Waals surface area contributed by atoms with E-state index in [1.54, 1.807) is 0 Å². The molecule has 1 aliphatic rings. The van der Waals surface area contributed by atoms with Gasteiger partial charge in [0.1, 0.15) is 11.6 Å². The van der Waals surface area contributed by atoms with Crippen molar-refractivity contribution in [1.82, 2.24) is 20.1 Å². The van der Waals surface area contributed by atoms with Gasteiger partial charge in [-0.15, -0.1) is 22.6 Å². The summed E-state index contributed by atoms with van der Waals surface area (Å²) in [4.78, 5) is 0. The van der Waals surface area contributed by atoms with Crippen molar-refractivity contribution in [3.05, 3.63) is 23.7 Å². The van der Waals surface area contributed by atoms with E-state index in [0.29, 0.717) is 5.92 Å². The van der Waals surface area contributed by atoms with Gasteiger partial charge in [-0.3, -0.25) is 0 Å². The molecule has 5 nitrogen and oxygen atoms in total. The van der Waals surface area contributed by atoms with E-state index < -0.39 is 0 Å². The van der Waals surface area contributed by atoms with Gasteiger partial charge < -0.3 is 14.3 Å². The number of furan rings is 1. The van der Waals surface area contributed by atoms with Crippen LogP contribution in [0.25, 0.3) is 11.6 Å². The molecule has 1 N–H and O–H groups in total. The Morgan fingerprint density at radius 3 is 2.89 bits per heavy atom. The lowest BCUT2D eigenvalue weighted by atomic mass is 10.2. The van der Waals surface area contributed by atoms with Gasteiger partial charge in [0, 0.05) is 19.0 Å². The van der Waals surface area contributed by atoms with Crippen LogP contribution in [0.5, 0.6) is 0 Å². The Labute approximate surface area is 112 Å². The van der Waals surface area contributed by atoms with Gasteiger partial charge in [-0.25, -0.2) is 0 Å². The molecule has 18 heavy (non-hydrogen) atoms. The highest BCUT2D eigenvalue weighted by atomic mass is 35.5. The molecule has 0 aliphatic carbocycles. The molecule has 0 saturated heterocycles. The van der Waals surface area contributed by atoms with Crippen LogP contribution in [0, 0.1) is 0 Å². The Morgan fingerprint density at radius 1 is 1.33 bits per heavy atom. The minimum atomic E-state index is 0. The summed E-state index contributed by atoms with van der Waals surface area (Å²) in [5.74, 6) is 4.02. The molecule has 2 aromatic heterocycles. The Kier molecular flexibility index (Phi) is 3.73. The van der Waals surface area contributed by atoms with Gasteiger partial charge in [0.25, 0.3) is 0 Å². The van der Waals surface area contributed by atoms with Crippen LogP contribution in [0.15, 0.2) is 16.5 Å². The molecular weight excluding hydrogens is 252 g/mol. The normalized spacial score (nSPS) is 14.4. The van der Waals surface area contributed by atoms with Crippen LogP contribution in [0.3, 0.4) is 0 Å². The second kappa shape index (κ2) is 5.12. The highest BCUT2D eigenvalue weighted by molar-refractivity contribution is 5.85. The average Bonchev–Trinajstić information content (AvgIpc) is 2.95. The van der Waals surface area contributed by atoms with Gasteiger partial charge in [-0.2, -0.15) is 0 Å². The van der Waals surface area contributed by atoms with Gasteiger partial charge >= 0.3 is 0 Å². The number of nitrogens with zero attached hydrogens (tertiary/aromatic N) is 3. The maximum absolute atomic E-state index is 5.81. The SMILES string of the molecule is CC(C)c1ccc(-c2nnc3n2CCNC3)o1.Cl. The van der Waals surface area contributed by atoms with Crippen LogP contribution in [0.2, 0.25) is 0 Å². The molecule has 0 unspecified atom stereocenters. The van der Waals surface area contributed by atoms with Crippen LogP contribution in [0.4, 0.5) is 0 Å². The molecule has 0 aromatic carbocycles. The second-order valence-corrected chi connectivity index (χ2v) is 4.62. The summed E-state index contributed by atoms with van der Waals surface area (Å²) in [6, 6.07) is 4.00. The third-order valence-corrected chi connectivity index (χ3v) is 3.04. The molecule has 6 heteroatoms. The van der Waals surface area contributed by atoms with Crippen molar-refractivity contribution in [3.63, 3.8) is 0 Å². The van der Waals surface area contributed by atoms with Gasteiger partial charge in [0.05, 0.1) is 6.54 Å². The zero-order valence-corrected chi connectivity index (χ0v) is 11.3. The Bertz CT molecular complexity index is 532. The Morgan fingerprint density at radius 2 is 2.17 bits per heavy atom. The molecule has 2 aromatic rings. The molecular formula is C12H17ClN4O. The summed E-state index contributed by atoms with van der Waals surface area (Å²) in [5, 5.41) is 11.7. The summed E-state index contributed by atoms with van der Waals surface area (Å²) in [6.45, 7) is 6.87. The molecule has 0 atom stereocenters. The maximum Gasteiger partial charge on any atom is 0.199 e. The molecule has 0 spiro atoms. The maximum atomic E-state index is 5.81. The van der Waals surface area contributed by atoms with Gasteiger partial charge in [0.15, 0.2) is 11.6 Å². The smallest absolute Gasteiger partial charge is 0.199 e. The first-order valence-corrected chi connectivity index (χ1v) is 5.98. The van der Waals surface area contributed by atoms with Gasteiger partial charge in [-0.1, -0.05) is 13.8 Å². The molecule has 1 aliphatic heterocycles. The molecule has 98 valence electrons. The third kappa shape index (κ3) is 2.15. The van der Waals surface area contributed by atoms with E-state index in [1.165, 1.54) is 0 Å². The highest BCUT2D eigenvalue weighted by Gasteiger charge is 2.19. The van der Waals surface area contributed by atoms with Crippen molar-refractivity contribution in [2.24, 2.45) is 0 Å². The van der Waals surface area contributed by atoms with Crippen LogP contribution in [-0.4, -0.2) is 21.3 Å². The van der Waals surface area contributed by atoms with Crippen molar-refractivity contribution in [3.8, 4) is 11.6 Å².